The van der Waals surface area contributed by atoms with Gasteiger partial charge in [-0.05, 0) is 51.1 Å². The molecule has 27 heavy (non-hydrogen) atoms. The second-order valence-electron chi connectivity index (χ2n) is 6.66. The summed E-state index contributed by atoms with van der Waals surface area (Å²) in [4.78, 5) is 25.1. The van der Waals surface area contributed by atoms with Crippen molar-refractivity contribution in [2.24, 2.45) is 0 Å². The zero-order valence-electron chi connectivity index (χ0n) is 14.7. The molecule has 144 valence electrons. The number of benzene rings is 2. The molecule has 0 aromatic heterocycles. The van der Waals surface area contributed by atoms with Gasteiger partial charge in [-0.15, -0.1) is 0 Å². The smallest absolute Gasteiger partial charge is 0.304 e. The van der Waals surface area contributed by atoms with Gasteiger partial charge in [-0.2, -0.15) is 0 Å². The normalized spacial score (nSPS) is 11.1. The van der Waals surface area contributed by atoms with E-state index < -0.39 is 29.1 Å². The van der Waals surface area contributed by atoms with E-state index in [2.05, 4.69) is 10.7 Å². The zero-order chi connectivity index (χ0) is 20.4. The SMILES string of the molecule is CC(C)(C)N(NC(=O)Nc1cc(F)ccc1F)C(=O)c1cc(Cl)cc(Cl)c1. The molecule has 0 atom stereocenters. The molecule has 0 radical (unpaired) electrons. The standard InChI is InChI=1S/C18H17Cl2F2N3O2/c1-18(2,3)25(16(26)10-6-11(19)8-12(20)7-10)24-17(27)23-15-9-13(21)4-5-14(15)22/h4-9H,1-3H3,(H2,23,24,27). The third-order valence-corrected chi connectivity index (χ3v) is 3.81. The van der Waals surface area contributed by atoms with Gasteiger partial charge in [-0.1, -0.05) is 23.2 Å². The van der Waals surface area contributed by atoms with E-state index in [0.717, 1.165) is 23.2 Å². The van der Waals surface area contributed by atoms with Crippen molar-refractivity contribution in [1.29, 1.82) is 0 Å². The molecule has 2 rings (SSSR count). The van der Waals surface area contributed by atoms with Crippen LogP contribution in [0.2, 0.25) is 10.0 Å². The van der Waals surface area contributed by atoms with E-state index in [4.69, 9.17) is 23.2 Å². The van der Waals surface area contributed by atoms with Gasteiger partial charge in [-0.3, -0.25) is 4.79 Å². The molecule has 0 fully saturated rings. The van der Waals surface area contributed by atoms with Crippen LogP contribution in [-0.4, -0.2) is 22.5 Å². The largest absolute Gasteiger partial charge is 0.338 e. The monoisotopic (exact) mass is 415 g/mol. The van der Waals surface area contributed by atoms with Crippen molar-refractivity contribution >= 4 is 40.8 Å². The highest BCUT2D eigenvalue weighted by atomic mass is 35.5. The lowest BCUT2D eigenvalue weighted by molar-refractivity contribution is 0.0460. The van der Waals surface area contributed by atoms with Crippen molar-refractivity contribution in [3.05, 3.63) is 63.6 Å². The minimum absolute atomic E-state index is 0.152. The van der Waals surface area contributed by atoms with Crippen molar-refractivity contribution in [1.82, 2.24) is 10.4 Å². The van der Waals surface area contributed by atoms with Crippen LogP contribution in [0.15, 0.2) is 36.4 Å². The number of carbonyl (C=O) groups excluding carboxylic acids is 2. The molecule has 3 amide bonds. The van der Waals surface area contributed by atoms with Crippen LogP contribution in [0.5, 0.6) is 0 Å². The third-order valence-electron chi connectivity index (χ3n) is 3.37. The number of hydrogen-bond acceptors (Lipinski definition) is 2. The summed E-state index contributed by atoms with van der Waals surface area (Å²) >= 11 is 11.9. The molecule has 0 bridgehead atoms. The highest BCUT2D eigenvalue weighted by molar-refractivity contribution is 6.35. The average Bonchev–Trinajstić information content (AvgIpc) is 2.53. The molecule has 0 heterocycles. The van der Waals surface area contributed by atoms with Gasteiger partial charge in [0.25, 0.3) is 5.91 Å². The van der Waals surface area contributed by atoms with Crippen LogP contribution in [0.1, 0.15) is 31.1 Å². The van der Waals surface area contributed by atoms with Gasteiger partial charge in [0, 0.05) is 21.7 Å². The predicted octanol–water partition coefficient (Wildman–Crippen LogP) is 5.25. The Morgan fingerprint density at radius 1 is 1.00 bits per heavy atom. The second-order valence-corrected chi connectivity index (χ2v) is 7.53. The fourth-order valence-electron chi connectivity index (χ4n) is 2.17. The van der Waals surface area contributed by atoms with Gasteiger partial charge in [0.2, 0.25) is 0 Å². The summed E-state index contributed by atoms with van der Waals surface area (Å²) in [5.74, 6) is -2.12. The minimum atomic E-state index is -0.920. The van der Waals surface area contributed by atoms with Crippen LogP contribution in [0.4, 0.5) is 19.3 Å². The Hall–Kier alpha value is -2.38. The molecule has 0 aliphatic rings. The number of hydrazine groups is 1. The first kappa shape index (κ1) is 20.9. The Kier molecular flexibility index (Phi) is 6.28. The first-order valence-corrected chi connectivity index (χ1v) is 8.56. The Morgan fingerprint density at radius 2 is 1.59 bits per heavy atom. The molecule has 2 N–H and O–H groups in total. The summed E-state index contributed by atoms with van der Waals surface area (Å²) in [6.45, 7) is 5.04. The van der Waals surface area contributed by atoms with Gasteiger partial charge in [0.15, 0.2) is 0 Å². The lowest BCUT2D eigenvalue weighted by atomic mass is 10.1. The van der Waals surface area contributed by atoms with Gasteiger partial charge < -0.3 is 5.32 Å². The average molecular weight is 416 g/mol. The number of urea groups is 1. The Bertz CT molecular complexity index is 865. The molecule has 0 aliphatic heterocycles. The minimum Gasteiger partial charge on any atom is -0.304 e. The first-order valence-electron chi connectivity index (χ1n) is 7.81. The highest BCUT2D eigenvalue weighted by Gasteiger charge is 2.30. The summed E-state index contributed by atoms with van der Waals surface area (Å²) in [5.41, 5.74) is 1.30. The second kappa shape index (κ2) is 8.10. The summed E-state index contributed by atoms with van der Waals surface area (Å²) in [7, 11) is 0. The quantitative estimate of drug-likeness (QED) is 0.657. The van der Waals surface area contributed by atoms with Crippen LogP contribution in [0.25, 0.3) is 0 Å². The van der Waals surface area contributed by atoms with Crippen LogP contribution >= 0.6 is 23.2 Å². The molecular weight excluding hydrogens is 399 g/mol. The third kappa shape index (κ3) is 5.55. The lowest BCUT2D eigenvalue weighted by Gasteiger charge is -2.35. The summed E-state index contributed by atoms with van der Waals surface area (Å²) in [5, 5.41) is 3.73. The van der Waals surface area contributed by atoms with Crippen molar-refractivity contribution < 1.29 is 18.4 Å². The van der Waals surface area contributed by atoms with Crippen molar-refractivity contribution in [3.63, 3.8) is 0 Å². The maximum atomic E-state index is 13.7. The number of carbonyl (C=O) groups is 2. The van der Waals surface area contributed by atoms with Crippen LogP contribution in [-0.2, 0) is 0 Å². The summed E-state index contributed by atoms with van der Waals surface area (Å²) in [6, 6.07) is 5.98. The molecule has 9 heteroatoms. The number of rotatable bonds is 2. The number of amides is 3. The number of anilines is 1. The lowest BCUT2D eigenvalue weighted by Crippen LogP contribution is -2.56. The fourth-order valence-corrected chi connectivity index (χ4v) is 2.70. The van der Waals surface area contributed by atoms with Gasteiger partial charge in [0.05, 0.1) is 11.2 Å². The maximum absolute atomic E-state index is 13.7. The molecule has 5 nitrogen and oxygen atoms in total. The van der Waals surface area contributed by atoms with Crippen molar-refractivity contribution in [2.45, 2.75) is 26.3 Å². The summed E-state index contributed by atoms with van der Waals surface area (Å²) < 4.78 is 26.9. The predicted molar refractivity (Wildman–Crippen MR) is 101 cm³/mol. The first-order chi connectivity index (χ1) is 12.5. The number of nitrogens with zero attached hydrogens (tertiary/aromatic N) is 1. The molecule has 0 spiro atoms. The molecule has 0 saturated carbocycles. The zero-order valence-corrected chi connectivity index (χ0v) is 16.3. The van der Waals surface area contributed by atoms with Gasteiger partial charge >= 0.3 is 6.03 Å². The van der Waals surface area contributed by atoms with Crippen LogP contribution < -0.4 is 10.7 Å². The van der Waals surface area contributed by atoms with Gasteiger partial charge in [0.1, 0.15) is 11.6 Å². The summed E-state index contributed by atoms with van der Waals surface area (Å²) in [6.07, 6.45) is 0. The van der Waals surface area contributed by atoms with E-state index in [1.165, 1.54) is 18.2 Å². The van der Waals surface area contributed by atoms with Crippen LogP contribution in [0, 0.1) is 11.6 Å². The number of halogens is 4. The van der Waals surface area contributed by atoms with E-state index in [-0.39, 0.29) is 21.3 Å². The molecule has 0 unspecified atom stereocenters. The van der Waals surface area contributed by atoms with Crippen molar-refractivity contribution in [3.8, 4) is 0 Å². The van der Waals surface area contributed by atoms with E-state index in [9.17, 15) is 18.4 Å². The molecule has 0 saturated heterocycles. The van der Waals surface area contributed by atoms with Crippen LogP contribution in [0.3, 0.4) is 0 Å². The molecule has 0 aliphatic carbocycles. The molecule has 2 aromatic rings. The number of hydrogen-bond donors (Lipinski definition) is 2. The van der Waals surface area contributed by atoms with E-state index in [1.54, 1.807) is 20.8 Å². The topological polar surface area (TPSA) is 61.4 Å². The highest BCUT2D eigenvalue weighted by Crippen LogP contribution is 2.22. The Balaban J connectivity index is 2.25. The van der Waals surface area contributed by atoms with E-state index in [1.807, 2.05) is 0 Å². The molecule has 2 aromatic carbocycles. The maximum Gasteiger partial charge on any atom is 0.338 e. The number of nitrogens with one attached hydrogen (secondary N) is 2. The Morgan fingerprint density at radius 3 is 2.15 bits per heavy atom. The van der Waals surface area contributed by atoms with Crippen molar-refractivity contribution in [2.75, 3.05) is 5.32 Å². The van der Waals surface area contributed by atoms with Gasteiger partial charge in [-0.25, -0.2) is 24.0 Å². The van der Waals surface area contributed by atoms with E-state index >= 15 is 0 Å². The molecular formula is C18H17Cl2F2N3O2. The fraction of sp³-hybridized carbons (Fsp3) is 0.222. The Labute approximate surface area is 165 Å². The van der Waals surface area contributed by atoms with E-state index in [0.29, 0.717) is 0 Å².